The van der Waals surface area contributed by atoms with Gasteiger partial charge in [-0.2, -0.15) is 0 Å². The molecule has 0 aromatic rings. The number of ether oxygens (including phenoxy) is 3. The second-order valence-electron chi connectivity index (χ2n) is 8.33. The molecule has 0 amide bonds. The Balaban J connectivity index is 3.00. The van der Waals surface area contributed by atoms with Gasteiger partial charge in [-0.15, -0.1) is 0 Å². The fourth-order valence-electron chi connectivity index (χ4n) is 3.32. The third kappa shape index (κ3) is 30.3. The van der Waals surface area contributed by atoms with Crippen molar-refractivity contribution in [1.82, 2.24) is 0 Å². The number of rotatable bonds is 28. The molecule has 0 saturated carbocycles. The summed E-state index contributed by atoms with van der Waals surface area (Å²) >= 11 is -3.30. The summed E-state index contributed by atoms with van der Waals surface area (Å²) in [6, 6.07) is 0. The topological polar surface area (TPSA) is 94.5 Å². The molecule has 0 unspecified atom stereocenters. The normalized spacial score (nSPS) is 11.3. The van der Waals surface area contributed by atoms with Crippen molar-refractivity contribution in [2.24, 2.45) is 0 Å². The molecule has 0 atom stereocenters. The van der Waals surface area contributed by atoms with Gasteiger partial charge in [0.25, 0.3) is 0 Å². The van der Waals surface area contributed by atoms with Gasteiger partial charge in [-0.3, -0.25) is 0 Å². The molecule has 0 aromatic heterocycles. The summed E-state index contributed by atoms with van der Waals surface area (Å²) in [6.45, 7) is 5.84. The number of unbranched alkanes of at least 4 members (excludes halogenated alkanes) is 12. The van der Waals surface area contributed by atoms with Crippen molar-refractivity contribution in [3.63, 3.8) is 0 Å². The molecule has 0 bridgehead atoms. The average molecular weight is 499 g/mol. The quantitative estimate of drug-likeness (QED) is 0.115. The first kappa shape index (κ1) is 32.3. The zero-order valence-corrected chi connectivity index (χ0v) is 22.0. The number of hydrogen-bond donors (Lipinski definition) is 2. The number of hydrogen-bond acceptors (Lipinski definition) is 6. The zero-order chi connectivity index (χ0) is 23.4. The smallest absolute Gasteiger partial charge is 0.396 e. The molecule has 2 N–H and O–H groups in total. The molecule has 0 heterocycles. The Bertz CT molecular complexity index is 372. The third-order valence-corrected chi connectivity index (χ3v) is 5.96. The second kappa shape index (κ2) is 29.3. The van der Waals surface area contributed by atoms with E-state index in [-0.39, 0.29) is 0 Å². The van der Waals surface area contributed by atoms with Gasteiger partial charge in [-0.25, -0.2) is 0 Å². The van der Waals surface area contributed by atoms with E-state index in [1.165, 1.54) is 25.7 Å². The Hall–Kier alpha value is 0.274. The van der Waals surface area contributed by atoms with Gasteiger partial charge < -0.3 is 14.6 Å². The van der Waals surface area contributed by atoms with Crippen LogP contribution in [0.5, 0.6) is 0 Å². The predicted octanol–water partition coefficient (Wildman–Crippen LogP) is 5.07. The summed E-state index contributed by atoms with van der Waals surface area (Å²) < 4.78 is 40.8. The van der Waals surface area contributed by atoms with Crippen molar-refractivity contribution in [3.8, 4) is 0 Å². The summed E-state index contributed by atoms with van der Waals surface area (Å²) in [7, 11) is 0. The molecule has 0 aliphatic carbocycles. The molecule has 0 fully saturated rings. The van der Waals surface area contributed by atoms with Gasteiger partial charge >= 0.3 is 98.5 Å². The second-order valence-corrected chi connectivity index (χ2v) is 9.61. The minimum atomic E-state index is -3.30. The first-order chi connectivity index (χ1) is 15.8. The summed E-state index contributed by atoms with van der Waals surface area (Å²) in [4.78, 5) is 0. The van der Waals surface area contributed by atoms with Gasteiger partial charge in [-0.05, 0) is 32.1 Å². The van der Waals surface area contributed by atoms with Crippen molar-refractivity contribution in [2.45, 2.75) is 103 Å². The van der Waals surface area contributed by atoms with Crippen LogP contribution in [0, 0.1) is 0 Å². The van der Waals surface area contributed by atoms with Crippen LogP contribution in [0.1, 0.15) is 103 Å². The van der Waals surface area contributed by atoms with Crippen molar-refractivity contribution in [3.05, 3.63) is 0 Å². The van der Waals surface area contributed by atoms with E-state index < -0.39 is 18.6 Å². The average Bonchev–Trinajstić information content (AvgIpc) is 2.78. The van der Waals surface area contributed by atoms with Gasteiger partial charge in [0.1, 0.15) is 0 Å². The summed E-state index contributed by atoms with van der Waals surface area (Å²) in [6.07, 6.45) is 17.7. The molecule has 0 saturated heterocycles. The van der Waals surface area contributed by atoms with E-state index in [4.69, 9.17) is 26.3 Å². The Morgan fingerprint density at radius 3 is 1.00 bits per heavy atom. The molecular formula is C24H50O7Ti. The zero-order valence-electron chi connectivity index (χ0n) is 20.4. The Morgan fingerprint density at radius 1 is 0.438 bits per heavy atom. The Kier molecular flexibility index (Phi) is 29.6. The minimum Gasteiger partial charge on any atom is -0.396 e. The SMILES string of the molecule is [O]=[Ti]([OH])[O]CCCCCCOCCCCCCOCCCCCCOCCCCCCO. The van der Waals surface area contributed by atoms with Crippen molar-refractivity contribution >= 4 is 0 Å². The summed E-state index contributed by atoms with van der Waals surface area (Å²) in [5.41, 5.74) is 0. The van der Waals surface area contributed by atoms with Crippen molar-refractivity contribution in [2.75, 3.05) is 52.9 Å². The first-order valence-corrected chi connectivity index (χ1v) is 14.9. The molecule has 0 aromatic carbocycles. The van der Waals surface area contributed by atoms with Crippen LogP contribution in [0.3, 0.4) is 0 Å². The molecule has 7 nitrogen and oxygen atoms in total. The predicted molar refractivity (Wildman–Crippen MR) is 122 cm³/mol. The van der Waals surface area contributed by atoms with Crippen molar-refractivity contribution < 1.29 is 48.3 Å². The van der Waals surface area contributed by atoms with E-state index >= 15 is 0 Å². The first-order valence-electron chi connectivity index (χ1n) is 13.0. The van der Waals surface area contributed by atoms with Crippen LogP contribution in [0.25, 0.3) is 0 Å². The molecule has 0 spiro atoms. The van der Waals surface area contributed by atoms with E-state index in [0.717, 1.165) is 117 Å². The van der Waals surface area contributed by atoms with Crippen LogP contribution in [0.15, 0.2) is 0 Å². The monoisotopic (exact) mass is 498 g/mol. The fraction of sp³-hybridized carbons (Fsp3) is 1.00. The Labute approximate surface area is 203 Å². The van der Waals surface area contributed by atoms with Gasteiger partial charge in [0.2, 0.25) is 0 Å². The molecule has 0 rings (SSSR count). The molecular weight excluding hydrogens is 448 g/mol. The van der Waals surface area contributed by atoms with Gasteiger partial charge in [0, 0.05) is 33.0 Å². The molecule has 192 valence electrons. The van der Waals surface area contributed by atoms with Crippen LogP contribution in [0.4, 0.5) is 0 Å². The van der Waals surface area contributed by atoms with E-state index in [1.807, 2.05) is 0 Å². The fourth-order valence-corrected chi connectivity index (χ4v) is 3.82. The van der Waals surface area contributed by atoms with Crippen LogP contribution in [-0.2, 0) is 39.5 Å². The number of aliphatic hydroxyl groups excluding tert-OH is 1. The maximum atomic E-state index is 10.4. The third-order valence-electron chi connectivity index (χ3n) is 5.26. The maximum absolute atomic E-state index is 10.4. The molecule has 0 aliphatic heterocycles. The Morgan fingerprint density at radius 2 is 0.719 bits per heavy atom. The number of aliphatic hydroxyl groups is 1. The van der Waals surface area contributed by atoms with Crippen LogP contribution >= 0.6 is 0 Å². The van der Waals surface area contributed by atoms with E-state index in [0.29, 0.717) is 13.2 Å². The molecule has 0 aliphatic rings. The standard InChI is InChI=1S/C24H49O5.H2O.O.Ti/c25-17-9-1-3-11-19-27-21-13-5-7-15-23-29-24-16-8-6-14-22-28-20-12-4-2-10-18-26;;;/h25H,1-24H2;1H2;;/q-1;;;+2/p-1. The van der Waals surface area contributed by atoms with E-state index in [9.17, 15) is 3.32 Å². The summed E-state index contributed by atoms with van der Waals surface area (Å²) in [5.74, 6) is 0. The van der Waals surface area contributed by atoms with Gasteiger partial charge in [0.05, 0.1) is 0 Å². The molecule has 0 radical (unpaired) electrons. The van der Waals surface area contributed by atoms with Gasteiger partial charge in [0.15, 0.2) is 0 Å². The van der Waals surface area contributed by atoms with Crippen molar-refractivity contribution in [1.29, 1.82) is 0 Å². The van der Waals surface area contributed by atoms with E-state index in [2.05, 4.69) is 0 Å². The minimum absolute atomic E-state index is 0.307. The van der Waals surface area contributed by atoms with Gasteiger partial charge in [-0.1, -0.05) is 25.7 Å². The molecule has 8 heteroatoms. The van der Waals surface area contributed by atoms with E-state index in [1.54, 1.807) is 0 Å². The van der Waals surface area contributed by atoms with Crippen LogP contribution < -0.4 is 0 Å². The van der Waals surface area contributed by atoms with Crippen LogP contribution in [0.2, 0.25) is 0 Å². The van der Waals surface area contributed by atoms with Crippen LogP contribution in [-0.4, -0.2) is 61.6 Å². The summed E-state index contributed by atoms with van der Waals surface area (Å²) in [5, 5.41) is 8.71. The molecule has 32 heavy (non-hydrogen) atoms.